The van der Waals surface area contributed by atoms with Gasteiger partial charge in [0, 0.05) is 18.5 Å². The molecule has 0 saturated carbocycles. The van der Waals surface area contributed by atoms with Crippen molar-refractivity contribution in [3.8, 4) is 11.5 Å². The molecule has 2 aromatic carbocycles. The Morgan fingerprint density at radius 1 is 0.929 bits per heavy atom. The number of carboxylic acid groups (broad SMARTS) is 1. The molecular formula is C22H27NO5. The van der Waals surface area contributed by atoms with Gasteiger partial charge in [-0.05, 0) is 23.6 Å². The van der Waals surface area contributed by atoms with Crippen LogP contribution in [-0.2, 0) is 16.1 Å². The van der Waals surface area contributed by atoms with Crippen LogP contribution in [0.4, 0.5) is 0 Å². The quantitative estimate of drug-likeness (QED) is 0.576. The summed E-state index contributed by atoms with van der Waals surface area (Å²) in [5.74, 6) is 0.619. The number of carboxylic acids is 1. The van der Waals surface area contributed by atoms with E-state index in [4.69, 9.17) is 14.6 Å². The molecule has 0 aliphatic heterocycles. The highest BCUT2D eigenvalue weighted by molar-refractivity contribution is 5.80. The lowest BCUT2D eigenvalue weighted by atomic mass is 10.0. The first-order valence-corrected chi connectivity index (χ1v) is 9.38. The van der Waals surface area contributed by atoms with E-state index in [0.717, 1.165) is 16.9 Å². The van der Waals surface area contributed by atoms with E-state index in [9.17, 15) is 9.59 Å². The Labute approximate surface area is 165 Å². The van der Waals surface area contributed by atoms with Crippen LogP contribution in [0.1, 0.15) is 43.7 Å². The average Bonchev–Trinajstić information content (AvgIpc) is 2.69. The zero-order valence-electron chi connectivity index (χ0n) is 16.3. The molecule has 1 amide bonds. The topological polar surface area (TPSA) is 84.9 Å². The van der Waals surface area contributed by atoms with E-state index < -0.39 is 5.97 Å². The van der Waals surface area contributed by atoms with E-state index in [2.05, 4.69) is 25.2 Å². The summed E-state index contributed by atoms with van der Waals surface area (Å²) in [4.78, 5) is 22.2. The maximum Gasteiger partial charge on any atom is 0.303 e. The third-order valence-corrected chi connectivity index (χ3v) is 4.15. The number of nitrogens with one attached hydrogen (secondary N) is 1. The zero-order valence-corrected chi connectivity index (χ0v) is 16.3. The largest absolute Gasteiger partial charge is 0.490 e. The van der Waals surface area contributed by atoms with E-state index in [1.54, 1.807) is 0 Å². The molecule has 150 valence electrons. The number of hydrogen-bond acceptors (Lipinski definition) is 4. The van der Waals surface area contributed by atoms with Crippen molar-refractivity contribution >= 4 is 11.9 Å². The Hall–Kier alpha value is -3.02. The van der Waals surface area contributed by atoms with Crippen molar-refractivity contribution in [3.05, 3.63) is 59.7 Å². The summed E-state index contributed by atoms with van der Waals surface area (Å²) >= 11 is 0. The number of para-hydroxylation sites is 2. The minimum absolute atomic E-state index is 0.0402. The lowest BCUT2D eigenvalue weighted by Crippen LogP contribution is -2.23. The first-order chi connectivity index (χ1) is 13.5. The number of carbonyl (C=O) groups excluding carboxylic acids is 1. The van der Waals surface area contributed by atoms with Gasteiger partial charge in [0.25, 0.3) is 0 Å². The molecule has 0 spiro atoms. The van der Waals surface area contributed by atoms with Gasteiger partial charge in [-0.15, -0.1) is 0 Å². The fraction of sp³-hybridized carbons (Fsp3) is 0.364. The highest BCUT2D eigenvalue weighted by Gasteiger charge is 2.09. The molecule has 0 unspecified atom stereocenters. The molecule has 28 heavy (non-hydrogen) atoms. The summed E-state index contributed by atoms with van der Waals surface area (Å²) in [6.45, 7) is 5.31. The molecule has 2 aromatic rings. The third kappa shape index (κ3) is 6.95. The summed E-state index contributed by atoms with van der Waals surface area (Å²) in [5, 5.41) is 11.3. The summed E-state index contributed by atoms with van der Waals surface area (Å²) in [5.41, 5.74) is 1.99. The van der Waals surface area contributed by atoms with Crippen LogP contribution in [-0.4, -0.2) is 30.2 Å². The number of amides is 1. The van der Waals surface area contributed by atoms with Gasteiger partial charge in [-0.25, -0.2) is 0 Å². The lowest BCUT2D eigenvalue weighted by molar-refractivity contribution is -0.138. The van der Waals surface area contributed by atoms with Gasteiger partial charge in [0.2, 0.25) is 5.91 Å². The van der Waals surface area contributed by atoms with Crippen molar-refractivity contribution in [2.45, 2.75) is 39.2 Å². The number of carbonyl (C=O) groups is 2. The van der Waals surface area contributed by atoms with Gasteiger partial charge in [-0.2, -0.15) is 0 Å². The SMILES string of the molecule is CC(C)c1ccccc1OCCOc1ccccc1CNC(=O)CCC(=O)O. The Bertz CT molecular complexity index is 788. The molecule has 0 saturated heterocycles. The predicted molar refractivity (Wildman–Crippen MR) is 107 cm³/mol. The maximum absolute atomic E-state index is 11.7. The van der Waals surface area contributed by atoms with Crippen molar-refractivity contribution in [3.63, 3.8) is 0 Å². The number of ether oxygens (including phenoxy) is 2. The molecular weight excluding hydrogens is 358 g/mol. The van der Waals surface area contributed by atoms with Gasteiger partial charge in [-0.3, -0.25) is 9.59 Å². The van der Waals surface area contributed by atoms with E-state index >= 15 is 0 Å². The van der Waals surface area contributed by atoms with Gasteiger partial charge in [0.05, 0.1) is 6.42 Å². The van der Waals surface area contributed by atoms with Crippen LogP contribution in [0, 0.1) is 0 Å². The highest BCUT2D eigenvalue weighted by atomic mass is 16.5. The summed E-state index contributed by atoms with van der Waals surface area (Å²) in [6.07, 6.45) is -0.222. The van der Waals surface area contributed by atoms with Crippen LogP contribution in [0.25, 0.3) is 0 Å². The second-order valence-electron chi connectivity index (χ2n) is 6.67. The van der Waals surface area contributed by atoms with Crippen molar-refractivity contribution in [2.75, 3.05) is 13.2 Å². The van der Waals surface area contributed by atoms with Crippen LogP contribution < -0.4 is 14.8 Å². The van der Waals surface area contributed by atoms with Crippen molar-refractivity contribution < 1.29 is 24.2 Å². The van der Waals surface area contributed by atoms with Crippen LogP contribution in [0.2, 0.25) is 0 Å². The van der Waals surface area contributed by atoms with Gasteiger partial charge >= 0.3 is 5.97 Å². The van der Waals surface area contributed by atoms with Gasteiger partial charge < -0.3 is 19.9 Å². The van der Waals surface area contributed by atoms with E-state index in [1.165, 1.54) is 0 Å². The second kappa shape index (κ2) is 11.0. The smallest absolute Gasteiger partial charge is 0.303 e. The Kier molecular flexibility index (Phi) is 8.34. The Morgan fingerprint density at radius 3 is 2.21 bits per heavy atom. The van der Waals surface area contributed by atoms with Crippen molar-refractivity contribution in [1.29, 1.82) is 0 Å². The monoisotopic (exact) mass is 385 g/mol. The summed E-state index contributed by atoms with van der Waals surface area (Å²) in [6, 6.07) is 15.4. The molecule has 0 aliphatic rings. The predicted octanol–water partition coefficient (Wildman–Crippen LogP) is 3.75. The summed E-state index contributed by atoms with van der Waals surface area (Å²) in [7, 11) is 0. The molecule has 6 heteroatoms. The standard InChI is InChI=1S/C22H27NO5/c1-16(2)18-8-4-6-10-20(18)28-14-13-27-19-9-5-3-7-17(19)15-23-21(24)11-12-22(25)26/h3-10,16H,11-15H2,1-2H3,(H,23,24)(H,25,26). The molecule has 0 radical (unpaired) electrons. The molecule has 0 bridgehead atoms. The average molecular weight is 385 g/mol. The normalized spacial score (nSPS) is 10.5. The second-order valence-corrected chi connectivity index (χ2v) is 6.67. The molecule has 0 aromatic heterocycles. The van der Waals surface area contributed by atoms with E-state index in [1.807, 2.05) is 42.5 Å². The molecule has 0 fully saturated rings. The molecule has 6 nitrogen and oxygen atoms in total. The van der Waals surface area contributed by atoms with Crippen LogP contribution in [0.3, 0.4) is 0 Å². The van der Waals surface area contributed by atoms with E-state index in [0.29, 0.717) is 24.9 Å². The molecule has 0 heterocycles. The number of aliphatic carboxylic acids is 1. The summed E-state index contributed by atoms with van der Waals surface area (Å²) < 4.78 is 11.7. The van der Waals surface area contributed by atoms with E-state index in [-0.39, 0.29) is 25.3 Å². The lowest BCUT2D eigenvalue weighted by Gasteiger charge is -2.15. The van der Waals surface area contributed by atoms with Crippen LogP contribution in [0.5, 0.6) is 11.5 Å². The van der Waals surface area contributed by atoms with Gasteiger partial charge in [0.1, 0.15) is 24.7 Å². The van der Waals surface area contributed by atoms with Gasteiger partial charge in [0.15, 0.2) is 0 Å². The first-order valence-electron chi connectivity index (χ1n) is 9.38. The van der Waals surface area contributed by atoms with Crippen LogP contribution in [0.15, 0.2) is 48.5 Å². The van der Waals surface area contributed by atoms with Crippen LogP contribution >= 0.6 is 0 Å². The Morgan fingerprint density at radius 2 is 1.54 bits per heavy atom. The van der Waals surface area contributed by atoms with Gasteiger partial charge in [-0.1, -0.05) is 50.2 Å². The number of rotatable bonds is 11. The molecule has 2 rings (SSSR count). The number of hydrogen-bond donors (Lipinski definition) is 2. The zero-order chi connectivity index (χ0) is 20.4. The fourth-order valence-electron chi connectivity index (χ4n) is 2.69. The minimum atomic E-state index is -0.988. The molecule has 0 aliphatic carbocycles. The Balaban J connectivity index is 1.83. The molecule has 2 N–H and O–H groups in total. The minimum Gasteiger partial charge on any atom is -0.490 e. The molecule has 0 atom stereocenters. The highest BCUT2D eigenvalue weighted by Crippen LogP contribution is 2.25. The maximum atomic E-state index is 11.7. The first kappa shape index (κ1) is 21.3. The third-order valence-electron chi connectivity index (χ3n) is 4.15. The van der Waals surface area contributed by atoms with Crippen molar-refractivity contribution in [1.82, 2.24) is 5.32 Å². The van der Waals surface area contributed by atoms with Crippen molar-refractivity contribution in [2.24, 2.45) is 0 Å². The number of benzene rings is 2. The fourth-order valence-corrected chi connectivity index (χ4v) is 2.69.